The average Bonchev–Trinajstić information content (AvgIpc) is 2.87. The first kappa shape index (κ1) is 14.4. The summed E-state index contributed by atoms with van der Waals surface area (Å²) in [6.07, 6.45) is 9.30. The first-order valence-electron chi connectivity index (χ1n) is 8.11. The molecule has 0 radical (unpaired) electrons. The summed E-state index contributed by atoms with van der Waals surface area (Å²) in [7, 11) is 1.66. The molecule has 114 valence electrons. The van der Waals surface area contributed by atoms with Crippen LogP contribution in [0.3, 0.4) is 0 Å². The number of hydrogen-bond acceptors (Lipinski definition) is 2. The Bertz CT molecular complexity index is 542. The van der Waals surface area contributed by atoms with Crippen molar-refractivity contribution in [3.05, 3.63) is 28.8 Å². The lowest BCUT2D eigenvalue weighted by molar-refractivity contribution is -0.143. The van der Waals surface area contributed by atoms with Gasteiger partial charge in [-0.05, 0) is 55.7 Å². The van der Waals surface area contributed by atoms with Crippen molar-refractivity contribution in [2.45, 2.75) is 63.2 Å². The number of benzene rings is 1. The van der Waals surface area contributed by atoms with Crippen molar-refractivity contribution in [2.75, 3.05) is 7.11 Å². The Labute approximate surface area is 126 Å². The Morgan fingerprint density at radius 3 is 2.24 bits per heavy atom. The van der Waals surface area contributed by atoms with E-state index in [4.69, 9.17) is 4.74 Å². The molecule has 1 N–H and O–H groups in total. The average molecular weight is 288 g/mol. The first-order valence-corrected chi connectivity index (χ1v) is 8.11. The maximum atomic E-state index is 12.0. The van der Waals surface area contributed by atoms with Gasteiger partial charge < -0.3 is 9.84 Å². The van der Waals surface area contributed by atoms with Crippen molar-refractivity contribution in [3.63, 3.8) is 0 Å². The van der Waals surface area contributed by atoms with Gasteiger partial charge in [0, 0.05) is 5.56 Å². The molecule has 3 nitrogen and oxygen atoms in total. The Balaban J connectivity index is 2.12. The van der Waals surface area contributed by atoms with Crippen LogP contribution in [0.4, 0.5) is 0 Å². The monoisotopic (exact) mass is 288 g/mol. The molecule has 21 heavy (non-hydrogen) atoms. The van der Waals surface area contributed by atoms with Crippen molar-refractivity contribution in [3.8, 4) is 5.75 Å². The van der Waals surface area contributed by atoms with Crippen LogP contribution < -0.4 is 4.74 Å². The third-order valence-electron chi connectivity index (χ3n) is 5.30. The number of aliphatic carboxylic acids is 1. The zero-order chi connectivity index (χ0) is 14.9. The molecule has 3 heteroatoms. The van der Waals surface area contributed by atoms with Gasteiger partial charge in [-0.2, -0.15) is 0 Å². The van der Waals surface area contributed by atoms with Crippen molar-refractivity contribution in [1.29, 1.82) is 0 Å². The first-order chi connectivity index (χ1) is 10.2. The molecule has 1 fully saturated rings. The summed E-state index contributed by atoms with van der Waals surface area (Å²) in [4.78, 5) is 12.0. The van der Waals surface area contributed by atoms with E-state index in [1.807, 2.05) is 0 Å². The Morgan fingerprint density at radius 1 is 1.05 bits per heavy atom. The maximum absolute atomic E-state index is 12.0. The SMILES string of the molecule is COc1cc2c(cc1C1(C(=O)O)CCCC1)CCCCC2. The number of carboxylic acids is 1. The van der Waals surface area contributed by atoms with Crippen molar-refractivity contribution in [1.82, 2.24) is 0 Å². The third kappa shape index (κ3) is 2.43. The van der Waals surface area contributed by atoms with Crippen LogP contribution >= 0.6 is 0 Å². The fraction of sp³-hybridized carbons (Fsp3) is 0.611. The van der Waals surface area contributed by atoms with Crippen molar-refractivity contribution < 1.29 is 14.6 Å². The molecular formula is C18H24O3. The second-order valence-corrected chi connectivity index (χ2v) is 6.48. The smallest absolute Gasteiger partial charge is 0.314 e. The second-order valence-electron chi connectivity index (χ2n) is 6.48. The molecule has 0 amide bonds. The number of rotatable bonds is 3. The van der Waals surface area contributed by atoms with Crippen LogP contribution in [-0.2, 0) is 23.1 Å². The Hall–Kier alpha value is -1.51. The van der Waals surface area contributed by atoms with Gasteiger partial charge in [0.1, 0.15) is 5.75 Å². The fourth-order valence-electron chi connectivity index (χ4n) is 4.06. The van der Waals surface area contributed by atoms with Crippen LogP contribution in [0.15, 0.2) is 12.1 Å². The van der Waals surface area contributed by atoms with Crippen LogP contribution in [0.1, 0.15) is 61.6 Å². The number of hydrogen-bond donors (Lipinski definition) is 1. The molecule has 0 aliphatic heterocycles. The Kier molecular flexibility index (Phi) is 3.92. The van der Waals surface area contributed by atoms with E-state index in [0.29, 0.717) is 0 Å². The van der Waals surface area contributed by atoms with Crippen LogP contribution in [0, 0.1) is 0 Å². The van der Waals surface area contributed by atoms with Gasteiger partial charge in [0.2, 0.25) is 0 Å². The number of aryl methyl sites for hydroxylation is 2. The van der Waals surface area contributed by atoms with Gasteiger partial charge >= 0.3 is 5.97 Å². The Morgan fingerprint density at radius 2 is 1.67 bits per heavy atom. The molecule has 0 bridgehead atoms. The molecule has 1 aromatic rings. The van der Waals surface area contributed by atoms with E-state index in [1.165, 1.54) is 30.4 Å². The lowest BCUT2D eigenvalue weighted by atomic mass is 9.77. The normalized spacial score (nSPS) is 20.6. The minimum absolute atomic E-state index is 0.688. The van der Waals surface area contributed by atoms with E-state index in [9.17, 15) is 9.90 Å². The fourth-order valence-corrected chi connectivity index (χ4v) is 4.06. The summed E-state index contributed by atoms with van der Waals surface area (Å²) in [6.45, 7) is 0. The van der Waals surface area contributed by atoms with Crippen LogP contribution in [-0.4, -0.2) is 18.2 Å². The zero-order valence-corrected chi connectivity index (χ0v) is 12.8. The van der Waals surface area contributed by atoms with Gasteiger partial charge in [0.05, 0.1) is 12.5 Å². The molecule has 0 atom stereocenters. The van der Waals surface area contributed by atoms with E-state index >= 15 is 0 Å². The number of ether oxygens (including phenoxy) is 1. The molecule has 1 aromatic carbocycles. The molecule has 0 spiro atoms. The minimum atomic E-state index is -0.729. The molecule has 0 heterocycles. The topological polar surface area (TPSA) is 46.5 Å². The standard InChI is InChI=1S/C18H24O3/c1-21-16-12-14-8-4-2-3-7-13(14)11-15(16)18(17(19)20)9-5-6-10-18/h11-12H,2-10H2,1H3,(H,19,20). The van der Waals surface area contributed by atoms with E-state index < -0.39 is 11.4 Å². The number of carbonyl (C=O) groups is 1. The number of fused-ring (bicyclic) bond motifs is 1. The number of methoxy groups -OCH3 is 1. The summed E-state index contributed by atoms with van der Waals surface area (Å²) < 4.78 is 5.58. The molecule has 3 rings (SSSR count). The van der Waals surface area contributed by atoms with Gasteiger partial charge in [-0.15, -0.1) is 0 Å². The second kappa shape index (κ2) is 5.70. The van der Waals surface area contributed by atoms with Crippen LogP contribution in [0.2, 0.25) is 0 Å². The van der Waals surface area contributed by atoms with Crippen LogP contribution in [0.25, 0.3) is 0 Å². The maximum Gasteiger partial charge on any atom is 0.314 e. The molecule has 0 unspecified atom stereocenters. The van der Waals surface area contributed by atoms with Gasteiger partial charge in [-0.1, -0.05) is 25.3 Å². The highest BCUT2D eigenvalue weighted by Gasteiger charge is 2.45. The summed E-state index contributed by atoms with van der Waals surface area (Å²) >= 11 is 0. The lowest BCUT2D eigenvalue weighted by Gasteiger charge is -2.27. The summed E-state index contributed by atoms with van der Waals surface area (Å²) in [5.41, 5.74) is 2.88. The largest absolute Gasteiger partial charge is 0.496 e. The van der Waals surface area contributed by atoms with Gasteiger partial charge in [-0.3, -0.25) is 4.79 Å². The van der Waals surface area contributed by atoms with E-state index in [1.54, 1.807) is 7.11 Å². The van der Waals surface area contributed by atoms with Gasteiger partial charge in [0.15, 0.2) is 0 Å². The van der Waals surface area contributed by atoms with E-state index in [2.05, 4.69) is 12.1 Å². The lowest BCUT2D eigenvalue weighted by Crippen LogP contribution is -2.33. The van der Waals surface area contributed by atoms with Crippen molar-refractivity contribution in [2.24, 2.45) is 0 Å². The molecule has 0 aromatic heterocycles. The third-order valence-corrected chi connectivity index (χ3v) is 5.30. The summed E-state index contributed by atoms with van der Waals surface area (Å²) in [5.74, 6) is 0.0896. The minimum Gasteiger partial charge on any atom is -0.496 e. The van der Waals surface area contributed by atoms with Gasteiger partial charge in [0.25, 0.3) is 0 Å². The molecule has 1 saturated carbocycles. The highest BCUT2D eigenvalue weighted by atomic mass is 16.5. The molecule has 0 saturated heterocycles. The van der Waals surface area contributed by atoms with E-state index in [0.717, 1.165) is 49.8 Å². The molecular weight excluding hydrogens is 264 g/mol. The quantitative estimate of drug-likeness (QED) is 0.859. The van der Waals surface area contributed by atoms with Crippen LogP contribution in [0.5, 0.6) is 5.75 Å². The predicted molar refractivity (Wildman–Crippen MR) is 82.0 cm³/mol. The molecule has 2 aliphatic rings. The summed E-state index contributed by atoms with van der Waals surface area (Å²) in [5, 5.41) is 9.84. The highest BCUT2D eigenvalue weighted by molar-refractivity contribution is 5.83. The summed E-state index contributed by atoms with van der Waals surface area (Å²) in [6, 6.07) is 4.26. The van der Waals surface area contributed by atoms with E-state index in [-0.39, 0.29) is 0 Å². The van der Waals surface area contributed by atoms with Crippen molar-refractivity contribution >= 4 is 5.97 Å². The van der Waals surface area contributed by atoms with Gasteiger partial charge in [-0.25, -0.2) is 0 Å². The molecule has 2 aliphatic carbocycles. The number of carboxylic acid groups (broad SMARTS) is 1. The predicted octanol–water partition coefficient (Wildman–Crippen LogP) is 3.86. The zero-order valence-electron chi connectivity index (χ0n) is 12.8. The highest BCUT2D eigenvalue weighted by Crippen LogP contribution is 2.46.